The summed E-state index contributed by atoms with van der Waals surface area (Å²) in [5.41, 5.74) is 0.905. The fourth-order valence-corrected chi connectivity index (χ4v) is 1.35. The van der Waals surface area contributed by atoms with E-state index >= 15 is 0 Å². The zero-order valence-electron chi connectivity index (χ0n) is 9.61. The van der Waals surface area contributed by atoms with Crippen LogP contribution in [-0.4, -0.2) is 35.6 Å². The van der Waals surface area contributed by atoms with E-state index < -0.39 is 0 Å². The second kappa shape index (κ2) is 4.44. The van der Waals surface area contributed by atoms with Gasteiger partial charge in [-0.2, -0.15) is 0 Å². The second-order valence-corrected chi connectivity index (χ2v) is 3.89. The number of nitrogens with zero attached hydrogens (tertiary/aromatic N) is 3. The zero-order chi connectivity index (χ0) is 11.6. The van der Waals surface area contributed by atoms with Crippen molar-refractivity contribution in [1.29, 1.82) is 0 Å². The fraction of sp³-hybridized carbons (Fsp3) is 0.600. The Bertz CT molecular complexity index is 364. The minimum Gasteiger partial charge on any atom is -0.710 e. The highest BCUT2D eigenvalue weighted by Gasteiger charge is 2.17. The van der Waals surface area contributed by atoms with Gasteiger partial charge < -0.3 is 15.2 Å². The van der Waals surface area contributed by atoms with Crippen LogP contribution in [0, 0.1) is 19.1 Å². The van der Waals surface area contributed by atoms with Gasteiger partial charge in [-0.05, 0) is 19.1 Å². The molecule has 1 N–H and O–H groups in total. The average molecular weight is 211 g/mol. The number of likely N-dealkylation sites (N-methyl/N-ethyl adjacent to an activating group) is 1. The first-order valence-corrected chi connectivity index (χ1v) is 4.86. The fourth-order valence-electron chi connectivity index (χ4n) is 1.35. The maximum atomic E-state index is 11.4. The summed E-state index contributed by atoms with van der Waals surface area (Å²) in [7, 11) is 3.90. The average Bonchev–Trinajstić information content (AvgIpc) is 2.18. The molecule has 5 heteroatoms. The van der Waals surface area contributed by atoms with Gasteiger partial charge >= 0.3 is 0 Å². The Morgan fingerprint density at radius 3 is 2.53 bits per heavy atom. The number of rotatable bonds is 3. The highest BCUT2D eigenvalue weighted by atomic mass is 16.5. The summed E-state index contributed by atoms with van der Waals surface area (Å²) in [4.78, 5) is 6.08. The van der Waals surface area contributed by atoms with Crippen molar-refractivity contribution in [2.75, 3.05) is 20.6 Å². The molecule has 0 aliphatic carbocycles. The van der Waals surface area contributed by atoms with E-state index in [0.29, 0.717) is 28.4 Å². The van der Waals surface area contributed by atoms with Crippen molar-refractivity contribution in [1.82, 2.24) is 9.88 Å². The minimum atomic E-state index is 0.0115. The van der Waals surface area contributed by atoms with E-state index in [0.717, 1.165) is 6.54 Å². The van der Waals surface area contributed by atoms with Gasteiger partial charge in [0.25, 0.3) is 5.82 Å². The van der Waals surface area contributed by atoms with Crippen LogP contribution in [-0.2, 0) is 6.42 Å². The summed E-state index contributed by atoms with van der Waals surface area (Å²) in [6.45, 7) is 4.02. The van der Waals surface area contributed by atoms with E-state index in [-0.39, 0.29) is 5.75 Å². The predicted octanol–water partition coefficient (Wildman–Crippen LogP) is 0.142. The highest BCUT2D eigenvalue weighted by molar-refractivity contribution is 5.27. The lowest BCUT2D eigenvalue weighted by molar-refractivity contribution is -0.623. The van der Waals surface area contributed by atoms with Gasteiger partial charge in [-0.25, -0.2) is 4.73 Å². The monoisotopic (exact) mass is 211 g/mol. The Morgan fingerprint density at radius 1 is 1.40 bits per heavy atom. The lowest BCUT2D eigenvalue weighted by Gasteiger charge is -2.12. The molecule has 0 aliphatic heterocycles. The molecule has 0 unspecified atom stereocenters. The molecule has 0 fully saturated rings. The van der Waals surface area contributed by atoms with Crippen LogP contribution in [0.5, 0.6) is 5.75 Å². The molecule has 0 atom stereocenters. The van der Waals surface area contributed by atoms with Crippen molar-refractivity contribution in [3.8, 4) is 5.75 Å². The van der Waals surface area contributed by atoms with Crippen LogP contribution < -0.4 is 4.73 Å². The van der Waals surface area contributed by atoms with Crippen LogP contribution in [0.1, 0.15) is 17.2 Å². The number of hydrogen-bond donors (Lipinski definition) is 1. The SMILES string of the molecule is Cc1nc(CCN(C)C)c(O)c(C)[n+]1[O-]. The van der Waals surface area contributed by atoms with Gasteiger partial charge in [-0.15, -0.1) is 0 Å². The summed E-state index contributed by atoms with van der Waals surface area (Å²) in [6.07, 6.45) is 0.640. The van der Waals surface area contributed by atoms with E-state index in [9.17, 15) is 10.3 Å². The molecule has 1 aromatic rings. The van der Waals surface area contributed by atoms with Crippen LogP contribution in [0.3, 0.4) is 0 Å². The second-order valence-electron chi connectivity index (χ2n) is 3.89. The molecule has 5 nitrogen and oxygen atoms in total. The van der Waals surface area contributed by atoms with Gasteiger partial charge in [0.15, 0.2) is 5.69 Å². The molecule has 0 aromatic carbocycles. The predicted molar refractivity (Wildman–Crippen MR) is 56.6 cm³/mol. The molecule has 0 saturated carbocycles. The largest absolute Gasteiger partial charge is 0.710 e. The Morgan fingerprint density at radius 2 is 2.00 bits per heavy atom. The normalized spacial score (nSPS) is 11.0. The van der Waals surface area contributed by atoms with Crippen molar-refractivity contribution >= 4 is 0 Å². The molecular formula is C10H17N3O2. The summed E-state index contributed by atoms with van der Waals surface area (Å²) in [5, 5.41) is 21.1. The van der Waals surface area contributed by atoms with Crippen molar-refractivity contribution in [2.45, 2.75) is 20.3 Å². The molecule has 1 aromatic heterocycles. The third kappa shape index (κ3) is 2.56. The molecule has 1 rings (SSSR count). The molecule has 84 valence electrons. The molecule has 0 amide bonds. The lowest BCUT2D eigenvalue weighted by Crippen LogP contribution is -2.35. The molecule has 0 saturated heterocycles. The third-order valence-electron chi connectivity index (χ3n) is 2.31. The van der Waals surface area contributed by atoms with E-state index in [1.54, 1.807) is 13.8 Å². The Hall–Kier alpha value is -1.36. The first-order chi connectivity index (χ1) is 6.93. The first kappa shape index (κ1) is 11.7. The van der Waals surface area contributed by atoms with E-state index in [1.165, 1.54) is 0 Å². The number of aromatic nitrogens is 2. The van der Waals surface area contributed by atoms with Crippen LogP contribution in [0.4, 0.5) is 0 Å². The van der Waals surface area contributed by atoms with E-state index in [2.05, 4.69) is 4.98 Å². The quantitative estimate of drug-likeness (QED) is 0.570. The minimum absolute atomic E-state index is 0.0115. The van der Waals surface area contributed by atoms with Crippen molar-refractivity contribution in [2.24, 2.45) is 0 Å². The third-order valence-corrected chi connectivity index (χ3v) is 2.31. The number of aryl methyl sites for hydroxylation is 1. The number of aromatic hydroxyl groups is 1. The Kier molecular flexibility index (Phi) is 3.47. The van der Waals surface area contributed by atoms with Crippen LogP contribution in [0.2, 0.25) is 0 Å². The van der Waals surface area contributed by atoms with Crippen molar-refractivity contribution < 1.29 is 9.84 Å². The van der Waals surface area contributed by atoms with Gasteiger partial charge in [0.1, 0.15) is 5.69 Å². The van der Waals surface area contributed by atoms with Gasteiger partial charge in [0.05, 0.1) is 0 Å². The Balaban J connectivity index is 2.99. The van der Waals surface area contributed by atoms with Crippen molar-refractivity contribution in [3.05, 3.63) is 22.4 Å². The molecule has 0 aliphatic rings. The van der Waals surface area contributed by atoms with Crippen LogP contribution in [0.15, 0.2) is 0 Å². The van der Waals surface area contributed by atoms with Gasteiger partial charge in [-0.1, -0.05) is 0 Å². The van der Waals surface area contributed by atoms with Gasteiger partial charge in [0, 0.05) is 26.8 Å². The Labute approximate surface area is 89.6 Å². The molecule has 0 radical (unpaired) electrons. The summed E-state index contributed by atoms with van der Waals surface area (Å²) >= 11 is 0. The standard InChI is InChI=1S/C10H17N3O2/c1-7-10(14)9(5-6-12(3)4)11-8(2)13(7)15/h14H,5-6H2,1-4H3. The van der Waals surface area contributed by atoms with Crippen LogP contribution >= 0.6 is 0 Å². The smallest absolute Gasteiger partial charge is 0.298 e. The van der Waals surface area contributed by atoms with Gasteiger partial charge in [-0.3, -0.25) is 0 Å². The zero-order valence-corrected chi connectivity index (χ0v) is 9.61. The van der Waals surface area contributed by atoms with Crippen LogP contribution in [0.25, 0.3) is 0 Å². The maximum absolute atomic E-state index is 11.4. The molecular weight excluding hydrogens is 194 g/mol. The number of hydrogen-bond acceptors (Lipinski definition) is 4. The summed E-state index contributed by atoms with van der Waals surface area (Å²) in [5.74, 6) is 0.386. The first-order valence-electron chi connectivity index (χ1n) is 4.86. The summed E-state index contributed by atoms with van der Waals surface area (Å²) < 4.78 is 0.647. The van der Waals surface area contributed by atoms with E-state index in [1.807, 2.05) is 19.0 Å². The molecule has 15 heavy (non-hydrogen) atoms. The molecule has 1 heterocycles. The van der Waals surface area contributed by atoms with E-state index in [4.69, 9.17) is 0 Å². The van der Waals surface area contributed by atoms with Gasteiger partial charge in [0.2, 0.25) is 5.75 Å². The summed E-state index contributed by atoms with van der Waals surface area (Å²) in [6, 6.07) is 0. The highest BCUT2D eigenvalue weighted by Crippen LogP contribution is 2.17. The molecule has 0 spiro atoms. The van der Waals surface area contributed by atoms with Crippen molar-refractivity contribution in [3.63, 3.8) is 0 Å². The molecule has 0 bridgehead atoms. The topological polar surface area (TPSA) is 63.3 Å². The lowest BCUT2D eigenvalue weighted by atomic mass is 10.2. The maximum Gasteiger partial charge on any atom is 0.298 e.